The van der Waals surface area contributed by atoms with E-state index in [1.54, 1.807) is 0 Å². The van der Waals surface area contributed by atoms with Gasteiger partial charge in [-0.25, -0.2) is 8.93 Å². The van der Waals surface area contributed by atoms with E-state index in [-0.39, 0.29) is 12.8 Å². The van der Waals surface area contributed by atoms with Gasteiger partial charge >= 0.3 is 0 Å². The maximum atomic E-state index is 13.8. The molecular formula is C34H32NO3PS. The smallest absolute Gasteiger partial charge is 0.231 e. The van der Waals surface area contributed by atoms with Crippen molar-refractivity contribution < 1.29 is 13.7 Å². The Hall–Kier alpha value is -3.50. The first kappa shape index (κ1) is 26.7. The summed E-state index contributed by atoms with van der Waals surface area (Å²) in [5.74, 6) is 1.45. The highest BCUT2D eigenvalue weighted by Gasteiger charge is 2.32. The average molecular weight is 566 g/mol. The number of ether oxygens (including phenoxy) is 2. The second-order valence-electron chi connectivity index (χ2n) is 10.8. The summed E-state index contributed by atoms with van der Waals surface area (Å²) in [6.45, 7) is 6.18. The van der Waals surface area contributed by atoms with Crippen LogP contribution in [0.5, 0.6) is 11.5 Å². The average Bonchev–Trinajstić information content (AvgIpc) is 3.44. The molecule has 0 fully saturated rings. The van der Waals surface area contributed by atoms with Gasteiger partial charge in [0, 0.05) is 0 Å². The lowest BCUT2D eigenvalue weighted by molar-refractivity contribution is 0.174. The Morgan fingerprint density at radius 1 is 0.725 bits per heavy atom. The third-order valence-corrected chi connectivity index (χ3v) is 11.1. The van der Waals surface area contributed by atoms with Crippen LogP contribution in [0.15, 0.2) is 115 Å². The van der Waals surface area contributed by atoms with Crippen LogP contribution in [0.3, 0.4) is 0 Å². The summed E-state index contributed by atoms with van der Waals surface area (Å²) in [6.07, 6.45) is 0. The normalized spacial score (nSPS) is 14.4. The van der Waals surface area contributed by atoms with E-state index in [9.17, 15) is 4.21 Å². The highest BCUT2D eigenvalue weighted by atomic mass is 32.2. The van der Waals surface area contributed by atoms with Crippen LogP contribution in [0.1, 0.15) is 37.9 Å². The number of benzene rings is 5. The highest BCUT2D eigenvalue weighted by Crippen LogP contribution is 2.43. The van der Waals surface area contributed by atoms with Gasteiger partial charge in [0.25, 0.3) is 0 Å². The molecule has 1 aliphatic rings. The summed E-state index contributed by atoms with van der Waals surface area (Å²) in [4.78, 5) is 0. The summed E-state index contributed by atoms with van der Waals surface area (Å²) in [6, 6.07) is 39.9. The van der Waals surface area contributed by atoms with Crippen molar-refractivity contribution in [2.75, 3.05) is 6.79 Å². The summed E-state index contributed by atoms with van der Waals surface area (Å²) >= 11 is 0. The molecule has 40 heavy (non-hydrogen) atoms. The molecule has 2 atom stereocenters. The quantitative estimate of drug-likeness (QED) is 0.230. The van der Waals surface area contributed by atoms with Crippen LogP contribution in [0.25, 0.3) is 10.8 Å². The first-order chi connectivity index (χ1) is 19.4. The van der Waals surface area contributed by atoms with Crippen molar-refractivity contribution in [2.24, 2.45) is 0 Å². The van der Waals surface area contributed by atoms with Crippen LogP contribution >= 0.6 is 7.92 Å². The van der Waals surface area contributed by atoms with Gasteiger partial charge in [0.15, 0.2) is 11.5 Å². The van der Waals surface area contributed by atoms with Crippen molar-refractivity contribution in [3.05, 3.63) is 126 Å². The van der Waals surface area contributed by atoms with Crippen LogP contribution in [-0.2, 0) is 11.0 Å². The molecule has 202 valence electrons. The Morgan fingerprint density at radius 3 is 1.95 bits per heavy atom. The predicted molar refractivity (Wildman–Crippen MR) is 168 cm³/mol. The predicted octanol–water partition coefficient (Wildman–Crippen LogP) is 6.47. The minimum absolute atomic E-state index is 0.188. The maximum Gasteiger partial charge on any atom is 0.231 e. The van der Waals surface area contributed by atoms with E-state index >= 15 is 0 Å². The molecule has 0 saturated carbocycles. The molecule has 0 bridgehead atoms. The van der Waals surface area contributed by atoms with Gasteiger partial charge in [-0.2, -0.15) is 0 Å². The molecular weight excluding hydrogens is 533 g/mol. The van der Waals surface area contributed by atoms with E-state index in [0.29, 0.717) is 5.75 Å². The van der Waals surface area contributed by atoms with Crippen molar-refractivity contribution in [1.82, 2.24) is 4.72 Å². The van der Waals surface area contributed by atoms with Crippen molar-refractivity contribution in [3.63, 3.8) is 0 Å². The van der Waals surface area contributed by atoms with Crippen LogP contribution in [0.4, 0.5) is 0 Å². The van der Waals surface area contributed by atoms with E-state index in [1.165, 1.54) is 10.6 Å². The molecule has 0 amide bonds. The number of nitrogens with one attached hydrogen (secondary N) is 1. The molecule has 0 saturated heterocycles. The van der Waals surface area contributed by atoms with Gasteiger partial charge in [0.2, 0.25) is 6.79 Å². The third kappa shape index (κ3) is 5.30. The molecule has 6 rings (SSSR count). The van der Waals surface area contributed by atoms with E-state index in [4.69, 9.17) is 9.47 Å². The maximum absolute atomic E-state index is 13.8. The fraction of sp³-hybridized carbons (Fsp3) is 0.176. The topological polar surface area (TPSA) is 47.6 Å². The molecule has 6 heteroatoms. The Bertz CT molecular complexity index is 1620. The van der Waals surface area contributed by atoms with E-state index in [0.717, 1.165) is 33.0 Å². The van der Waals surface area contributed by atoms with Crippen molar-refractivity contribution in [1.29, 1.82) is 0 Å². The number of fused-ring (bicyclic) bond motifs is 2. The summed E-state index contributed by atoms with van der Waals surface area (Å²) in [5, 5.41) is 5.88. The highest BCUT2D eigenvalue weighted by molar-refractivity contribution is 7.84. The number of hydrogen-bond donors (Lipinski definition) is 1. The summed E-state index contributed by atoms with van der Waals surface area (Å²) in [5.41, 5.74) is 2.11. The van der Waals surface area contributed by atoms with E-state index in [2.05, 4.69) is 120 Å². The van der Waals surface area contributed by atoms with Gasteiger partial charge in [-0.05, 0) is 78.6 Å². The molecule has 0 unspecified atom stereocenters. The SMILES string of the molecule is CC(C)(C)[S@@](=O)N[C@@H](c1cc2c(cc1P(c1ccccc1)c1ccccc1)OCO2)c1cccc2ccccc12. The Labute approximate surface area is 239 Å². The molecule has 0 radical (unpaired) electrons. The molecule has 5 aromatic rings. The molecule has 5 aromatic carbocycles. The fourth-order valence-corrected chi connectivity index (χ4v) is 8.35. The Morgan fingerprint density at radius 2 is 1.30 bits per heavy atom. The van der Waals surface area contributed by atoms with Crippen molar-refractivity contribution in [3.8, 4) is 11.5 Å². The lowest BCUT2D eigenvalue weighted by Gasteiger charge is -2.30. The molecule has 1 aliphatic heterocycles. The Kier molecular flexibility index (Phi) is 7.46. The summed E-state index contributed by atoms with van der Waals surface area (Å²) < 4.78 is 28.7. The number of hydrogen-bond acceptors (Lipinski definition) is 3. The second kappa shape index (κ2) is 11.2. The van der Waals surface area contributed by atoms with Gasteiger partial charge in [0.05, 0.1) is 21.8 Å². The zero-order valence-corrected chi connectivity index (χ0v) is 24.5. The standard InChI is InChI=1S/C34H32NO3PS/c1-34(2,3)40(36)35-33(28-20-12-14-24-13-10-11-19-27(24)28)29-21-30-31(38-23-37-30)22-32(29)39(25-15-6-4-7-16-25)26-17-8-5-9-18-26/h4-22,33,35H,23H2,1-3H3/t33-,40-/m1/s1. The van der Waals surface area contributed by atoms with Crippen molar-refractivity contribution >= 4 is 45.6 Å². The lowest BCUT2D eigenvalue weighted by Crippen LogP contribution is -2.38. The minimum Gasteiger partial charge on any atom is -0.454 e. The van der Waals surface area contributed by atoms with Gasteiger partial charge in [0.1, 0.15) is 0 Å². The lowest BCUT2D eigenvalue weighted by atomic mass is 9.94. The molecule has 4 nitrogen and oxygen atoms in total. The van der Waals surface area contributed by atoms with Crippen molar-refractivity contribution in [2.45, 2.75) is 31.6 Å². The minimum atomic E-state index is -1.33. The van der Waals surface area contributed by atoms with Gasteiger partial charge < -0.3 is 9.47 Å². The molecule has 1 N–H and O–H groups in total. The molecule has 0 aromatic heterocycles. The zero-order valence-electron chi connectivity index (χ0n) is 22.8. The molecule has 0 spiro atoms. The second-order valence-corrected chi connectivity index (χ2v) is 15.0. The molecule has 0 aliphatic carbocycles. The fourth-order valence-electron chi connectivity index (χ4n) is 5.03. The van der Waals surface area contributed by atoms with Crippen LogP contribution in [0, 0.1) is 0 Å². The van der Waals surface area contributed by atoms with Crippen LogP contribution in [-0.4, -0.2) is 15.7 Å². The van der Waals surface area contributed by atoms with Gasteiger partial charge in [-0.3, -0.25) is 0 Å². The van der Waals surface area contributed by atoms with Crippen LogP contribution in [0.2, 0.25) is 0 Å². The molecule has 1 heterocycles. The first-order valence-corrected chi connectivity index (χ1v) is 15.9. The monoisotopic (exact) mass is 565 g/mol. The van der Waals surface area contributed by atoms with Crippen LogP contribution < -0.4 is 30.1 Å². The van der Waals surface area contributed by atoms with Gasteiger partial charge in [-0.15, -0.1) is 0 Å². The van der Waals surface area contributed by atoms with Gasteiger partial charge in [-0.1, -0.05) is 103 Å². The third-order valence-electron chi connectivity index (χ3n) is 7.02. The largest absolute Gasteiger partial charge is 0.454 e. The van der Waals surface area contributed by atoms with E-state index in [1.807, 2.05) is 20.8 Å². The first-order valence-electron chi connectivity index (χ1n) is 13.4. The zero-order chi connectivity index (χ0) is 27.7. The number of rotatable bonds is 7. The Balaban J connectivity index is 1.64. The van der Waals surface area contributed by atoms with E-state index < -0.39 is 23.7 Å². The summed E-state index contributed by atoms with van der Waals surface area (Å²) in [7, 11) is -2.30.